The molecule has 0 unspecified atom stereocenters. The van der Waals surface area contributed by atoms with Crippen LogP contribution in [0.15, 0.2) is 0 Å². The predicted octanol–water partition coefficient (Wildman–Crippen LogP) is -7.65. The molecule has 0 heterocycles. The van der Waals surface area contributed by atoms with Gasteiger partial charge in [-0.1, -0.05) is 0 Å². The van der Waals surface area contributed by atoms with Gasteiger partial charge < -0.3 is 19.3 Å². The van der Waals surface area contributed by atoms with Crippen LogP contribution in [0.4, 0.5) is 0 Å². The summed E-state index contributed by atoms with van der Waals surface area (Å²) < 4.78 is 0. The van der Waals surface area contributed by atoms with Crippen LogP contribution in [0.2, 0.25) is 0 Å². The first-order chi connectivity index (χ1) is 0. The summed E-state index contributed by atoms with van der Waals surface area (Å²) in [5, 5.41) is 0. The van der Waals surface area contributed by atoms with E-state index in [0.717, 1.165) is 0 Å². The first kappa shape index (κ1) is 195. The summed E-state index contributed by atoms with van der Waals surface area (Å²) in [5.41, 5.74) is 0. The third kappa shape index (κ3) is 117. The quantitative estimate of drug-likeness (QED) is 0.327. The van der Waals surface area contributed by atoms with Gasteiger partial charge in [0.05, 0.1) is 0 Å². The van der Waals surface area contributed by atoms with Gasteiger partial charge in [0, 0.05) is 21.9 Å². The molecule has 0 rings (SSSR count). The minimum Gasteiger partial charge on any atom is -2.00 e. The molecule has 0 saturated heterocycles. The average Bonchev–Trinajstić information content (AvgIpc) is 0. The molecule has 0 aliphatic heterocycles. The molecule has 0 fully saturated rings. The molecule has 0 aromatic rings. The Hall–Kier alpha value is 2.57. The Balaban J connectivity index is 0. The van der Waals surface area contributed by atoms with Crippen LogP contribution in [0.1, 0.15) is 2.85 Å². The zero-order valence-corrected chi connectivity index (χ0v) is 9.69. The summed E-state index contributed by atoms with van der Waals surface area (Å²) >= 11 is 0. The van der Waals surface area contributed by atoms with Gasteiger partial charge in [-0.2, -0.15) is 0 Å². The van der Waals surface area contributed by atoms with E-state index in [1.807, 2.05) is 0 Å². The molecule has 0 aliphatic carbocycles. The maximum absolute atomic E-state index is 0. The summed E-state index contributed by atoms with van der Waals surface area (Å²) in [5.74, 6) is 0. The van der Waals surface area contributed by atoms with Crippen molar-refractivity contribution in [3.8, 4) is 0 Å². The van der Waals surface area contributed by atoms with Crippen molar-refractivity contribution in [2.75, 3.05) is 0 Å². The fourth-order valence-electron chi connectivity index (χ4n) is 0. The van der Waals surface area contributed by atoms with E-state index in [0.29, 0.717) is 0 Å². The van der Waals surface area contributed by atoms with Crippen LogP contribution < -0.4 is 37.7 Å². The van der Waals surface area contributed by atoms with Crippen LogP contribution >= 0.6 is 0 Å². The molecule has 0 aromatic carbocycles. The third-order valence-electron chi connectivity index (χ3n) is 0. The molecule has 0 atom stereocenters. The van der Waals surface area contributed by atoms with E-state index in [1.54, 1.807) is 0 Å². The normalized spacial score (nSPS) is 0. The molecule has 0 aliphatic rings. The van der Waals surface area contributed by atoms with E-state index in [-0.39, 0.29) is 114 Å². The van der Waals surface area contributed by atoms with Gasteiger partial charge in [0.15, 0.2) is 0 Å². The molecular weight excluding hydrogens is 172 g/mol. The number of hydrogen-bond acceptors (Lipinski definition) is 0. The minimum atomic E-state index is 0. The molecule has 9 heteroatoms. The molecule has 3 nitrogen and oxygen atoms in total. The van der Waals surface area contributed by atoms with Crippen molar-refractivity contribution in [2.24, 2.45) is 0 Å². The van der Waals surface area contributed by atoms with Crippen LogP contribution in [0.5, 0.6) is 0 Å². The first-order valence-electron chi connectivity index (χ1n) is 0. The van der Waals surface area contributed by atoms with Crippen molar-refractivity contribution in [1.82, 2.24) is 0 Å². The van der Waals surface area contributed by atoms with Crippen LogP contribution in [0.25, 0.3) is 0 Å². The van der Waals surface area contributed by atoms with Crippen LogP contribution in [0.3, 0.4) is 0 Å². The maximum atomic E-state index is 0. The van der Waals surface area contributed by atoms with Crippen molar-refractivity contribution in [3.63, 3.8) is 0 Å². The van der Waals surface area contributed by atoms with Crippen molar-refractivity contribution >= 4 is 56.7 Å². The SMILES string of the molecule is [Al+3].[Al+3].[H-].[H-].[Li+].[Li+].[O-2].[O-2].[O-2].[Si].[Si]. The van der Waals surface area contributed by atoms with E-state index in [1.165, 1.54) is 0 Å². The van der Waals surface area contributed by atoms with Crippen molar-refractivity contribution in [2.45, 2.75) is 0 Å². The van der Waals surface area contributed by atoms with Gasteiger partial charge in [-0.25, -0.2) is 0 Å². The molecule has 0 spiro atoms. The fourth-order valence-corrected chi connectivity index (χ4v) is 0. The van der Waals surface area contributed by atoms with Gasteiger partial charge in [-0.15, -0.1) is 0 Å². The molecule has 0 amide bonds. The second-order valence-corrected chi connectivity index (χ2v) is 0. The maximum Gasteiger partial charge on any atom is 3.00 e. The largest absolute Gasteiger partial charge is 3.00 e. The monoisotopic (exact) mass is 174 g/mol. The summed E-state index contributed by atoms with van der Waals surface area (Å²) in [6.45, 7) is 0. The van der Waals surface area contributed by atoms with E-state index >= 15 is 0 Å². The van der Waals surface area contributed by atoms with Crippen LogP contribution in [0, 0.1) is 0 Å². The van der Waals surface area contributed by atoms with E-state index < -0.39 is 0 Å². The molecular formula is H2Al2Li2O3Si2. The first-order valence-corrected chi connectivity index (χ1v) is 0. The Kier molecular flexibility index (Phi) is 3180. The van der Waals surface area contributed by atoms with Gasteiger partial charge in [0.1, 0.15) is 0 Å². The minimum absolute atomic E-state index is 0. The van der Waals surface area contributed by atoms with E-state index in [9.17, 15) is 0 Å². The van der Waals surface area contributed by atoms with Gasteiger partial charge >= 0.3 is 72.4 Å². The fraction of sp³-hybridized carbons (Fsp3) is 0. The van der Waals surface area contributed by atoms with Crippen molar-refractivity contribution in [1.29, 1.82) is 0 Å². The zero-order chi connectivity index (χ0) is 0. The second-order valence-electron chi connectivity index (χ2n) is 0. The van der Waals surface area contributed by atoms with Gasteiger partial charge in [-0.3, -0.25) is 0 Å². The number of hydrogen-bond donors (Lipinski definition) is 0. The molecule has 0 saturated carbocycles. The molecule has 36 valence electrons. The Morgan fingerprint density at radius 3 is 0.556 bits per heavy atom. The van der Waals surface area contributed by atoms with Gasteiger partial charge in [0.25, 0.3) is 0 Å². The molecule has 0 N–H and O–H groups in total. The second kappa shape index (κ2) is 146. The third-order valence-corrected chi connectivity index (χ3v) is 0. The van der Waals surface area contributed by atoms with Crippen LogP contribution in [-0.2, 0) is 16.4 Å². The Bertz CT molecular complexity index is 25.3. The smallest absolute Gasteiger partial charge is 2.00 e. The Labute approximate surface area is 113 Å². The molecule has 9 heavy (non-hydrogen) atoms. The van der Waals surface area contributed by atoms with Crippen LogP contribution in [-0.4, -0.2) is 56.7 Å². The molecule has 8 radical (unpaired) electrons. The summed E-state index contributed by atoms with van der Waals surface area (Å²) in [6.07, 6.45) is 0. The topological polar surface area (TPSA) is 85.5 Å². The van der Waals surface area contributed by atoms with Gasteiger partial charge in [-0.05, 0) is 0 Å². The van der Waals surface area contributed by atoms with Crippen molar-refractivity contribution < 1.29 is 57.0 Å². The summed E-state index contributed by atoms with van der Waals surface area (Å²) in [6, 6.07) is 0. The average molecular weight is 174 g/mol. The van der Waals surface area contributed by atoms with Crippen molar-refractivity contribution in [3.05, 3.63) is 0 Å². The van der Waals surface area contributed by atoms with E-state index in [2.05, 4.69) is 0 Å². The zero-order valence-electron chi connectivity index (χ0n) is 7.38. The summed E-state index contributed by atoms with van der Waals surface area (Å²) in [7, 11) is 0. The predicted molar refractivity (Wildman–Crippen MR) is 27.3 cm³/mol. The number of rotatable bonds is 0. The Morgan fingerprint density at radius 2 is 0.556 bits per heavy atom. The Morgan fingerprint density at radius 1 is 0.556 bits per heavy atom. The summed E-state index contributed by atoms with van der Waals surface area (Å²) in [4.78, 5) is 0. The standard InChI is InChI=1S/2Al.2Li.3O.2Si.2H/q2*+3;2*+1;3*-2;;;2*-1. The molecule has 0 bridgehead atoms. The molecule has 0 aromatic heterocycles. The van der Waals surface area contributed by atoms with E-state index in [4.69, 9.17) is 0 Å². The van der Waals surface area contributed by atoms with Gasteiger partial charge in [0.2, 0.25) is 0 Å².